The Balaban J connectivity index is 1.64. The minimum Gasteiger partial charge on any atom is -0.338 e. The highest BCUT2D eigenvalue weighted by Crippen LogP contribution is 2.25. The van der Waals surface area contributed by atoms with Gasteiger partial charge in [0.15, 0.2) is 0 Å². The Morgan fingerprint density at radius 2 is 1.88 bits per heavy atom. The maximum atomic E-state index is 12.9. The number of rotatable bonds is 5. The highest BCUT2D eigenvalue weighted by atomic mass is 79.9. The van der Waals surface area contributed by atoms with E-state index in [-0.39, 0.29) is 17.9 Å². The maximum absolute atomic E-state index is 12.9. The van der Waals surface area contributed by atoms with Crippen molar-refractivity contribution in [3.8, 4) is 0 Å². The molecule has 0 unspecified atom stereocenters. The molecule has 1 saturated heterocycles. The van der Waals surface area contributed by atoms with Gasteiger partial charge in [-0.25, -0.2) is 0 Å². The van der Waals surface area contributed by atoms with Crippen molar-refractivity contribution in [2.75, 3.05) is 19.6 Å². The largest absolute Gasteiger partial charge is 0.338 e. The van der Waals surface area contributed by atoms with Gasteiger partial charge in [0, 0.05) is 36.6 Å². The molecule has 1 aromatic heterocycles. The highest BCUT2D eigenvalue weighted by molar-refractivity contribution is 9.11. The number of carbonyl (C=O) groups excluding carboxylic acids is 2. The van der Waals surface area contributed by atoms with E-state index < -0.39 is 0 Å². The summed E-state index contributed by atoms with van der Waals surface area (Å²) in [6.07, 6.45) is 2.59. The zero-order valence-corrected chi connectivity index (χ0v) is 17.3. The van der Waals surface area contributed by atoms with Gasteiger partial charge in [-0.05, 0) is 53.4 Å². The van der Waals surface area contributed by atoms with Gasteiger partial charge >= 0.3 is 0 Å². The molecule has 6 heteroatoms. The summed E-state index contributed by atoms with van der Waals surface area (Å²) in [7, 11) is 0. The topological polar surface area (TPSA) is 40.6 Å². The predicted molar refractivity (Wildman–Crippen MR) is 109 cm³/mol. The van der Waals surface area contributed by atoms with Gasteiger partial charge in [0.05, 0.1) is 9.35 Å². The predicted octanol–water partition coefficient (Wildman–Crippen LogP) is 4.67. The monoisotopic (exact) mass is 434 g/mol. The van der Waals surface area contributed by atoms with Gasteiger partial charge in [-0.15, -0.1) is 11.3 Å². The molecule has 26 heavy (non-hydrogen) atoms. The molecular weight excluding hydrogens is 412 g/mol. The van der Waals surface area contributed by atoms with E-state index in [1.807, 2.05) is 51.6 Å². The fourth-order valence-electron chi connectivity index (χ4n) is 3.42. The first kappa shape index (κ1) is 19.1. The van der Waals surface area contributed by atoms with Crippen molar-refractivity contribution >= 4 is 39.1 Å². The van der Waals surface area contributed by atoms with Crippen LogP contribution in [0.2, 0.25) is 0 Å². The molecule has 0 radical (unpaired) electrons. The fraction of sp³-hybridized carbons (Fsp3) is 0.400. The van der Waals surface area contributed by atoms with Gasteiger partial charge in [0.2, 0.25) is 0 Å². The first-order valence-corrected chi connectivity index (χ1v) is 10.7. The average molecular weight is 435 g/mol. The third-order valence-corrected chi connectivity index (χ3v) is 6.26. The third-order valence-electron chi connectivity index (χ3n) is 4.75. The smallest absolute Gasteiger partial charge is 0.254 e. The Morgan fingerprint density at radius 1 is 1.19 bits per heavy atom. The Kier molecular flexibility index (Phi) is 6.48. The van der Waals surface area contributed by atoms with Crippen LogP contribution in [0.15, 0.2) is 45.6 Å². The van der Waals surface area contributed by atoms with Crippen LogP contribution in [0.4, 0.5) is 0 Å². The number of likely N-dealkylation sites (tertiary alicyclic amines) is 1. The molecule has 2 aromatic rings. The standard InChI is InChI=1S/C20H23BrN2O2S/c1-2-10-23(20(25)16-13-18(21)26-14-16)17-8-11-22(12-9-17)19(24)15-6-4-3-5-7-15/h3-7,13-14,17H,2,8-12H2,1H3. The van der Waals surface area contributed by atoms with Gasteiger partial charge in [0.25, 0.3) is 11.8 Å². The third kappa shape index (κ3) is 4.35. The molecule has 0 N–H and O–H groups in total. The van der Waals surface area contributed by atoms with Crippen LogP contribution in [-0.2, 0) is 0 Å². The number of benzene rings is 1. The van der Waals surface area contributed by atoms with Crippen LogP contribution in [0.5, 0.6) is 0 Å². The van der Waals surface area contributed by atoms with Crippen LogP contribution in [0, 0.1) is 0 Å². The molecule has 3 rings (SSSR count). The Labute approximate surface area is 166 Å². The molecular formula is C20H23BrN2O2S. The van der Waals surface area contributed by atoms with Gasteiger partial charge < -0.3 is 9.80 Å². The highest BCUT2D eigenvalue weighted by Gasteiger charge is 2.30. The maximum Gasteiger partial charge on any atom is 0.254 e. The van der Waals surface area contributed by atoms with Crippen molar-refractivity contribution in [3.05, 3.63) is 56.7 Å². The van der Waals surface area contributed by atoms with E-state index in [2.05, 4.69) is 22.9 Å². The summed E-state index contributed by atoms with van der Waals surface area (Å²) >= 11 is 4.97. The second-order valence-electron chi connectivity index (χ2n) is 6.53. The Bertz CT molecular complexity index is 754. The lowest BCUT2D eigenvalue weighted by molar-refractivity contribution is 0.0519. The second kappa shape index (κ2) is 8.82. The molecule has 2 amide bonds. The number of nitrogens with zero attached hydrogens (tertiary/aromatic N) is 2. The van der Waals surface area contributed by atoms with Crippen LogP contribution < -0.4 is 0 Å². The summed E-state index contributed by atoms with van der Waals surface area (Å²) < 4.78 is 0.973. The molecule has 1 aromatic carbocycles. The van der Waals surface area contributed by atoms with E-state index >= 15 is 0 Å². The molecule has 1 fully saturated rings. The van der Waals surface area contributed by atoms with E-state index in [9.17, 15) is 9.59 Å². The van der Waals surface area contributed by atoms with Gasteiger partial charge in [-0.2, -0.15) is 0 Å². The summed E-state index contributed by atoms with van der Waals surface area (Å²) in [6.45, 7) is 4.24. The number of halogens is 1. The summed E-state index contributed by atoms with van der Waals surface area (Å²) in [4.78, 5) is 29.4. The van der Waals surface area contributed by atoms with E-state index in [1.165, 1.54) is 11.3 Å². The van der Waals surface area contributed by atoms with Gasteiger partial charge in [0.1, 0.15) is 0 Å². The molecule has 0 bridgehead atoms. The van der Waals surface area contributed by atoms with E-state index in [4.69, 9.17) is 0 Å². The number of hydrogen-bond acceptors (Lipinski definition) is 3. The Morgan fingerprint density at radius 3 is 2.46 bits per heavy atom. The minimum absolute atomic E-state index is 0.0826. The number of piperidine rings is 1. The zero-order valence-electron chi connectivity index (χ0n) is 14.9. The Hall–Kier alpha value is -1.66. The molecule has 0 atom stereocenters. The first-order valence-electron chi connectivity index (χ1n) is 8.99. The molecule has 0 aliphatic carbocycles. The molecule has 1 aliphatic rings. The van der Waals surface area contributed by atoms with E-state index in [1.54, 1.807) is 0 Å². The fourth-order valence-corrected chi connectivity index (χ4v) is 4.55. The molecule has 0 saturated carbocycles. The normalized spacial score (nSPS) is 15.1. The SMILES string of the molecule is CCCN(C(=O)c1csc(Br)c1)C1CCN(C(=O)c2ccccc2)CC1. The van der Waals surface area contributed by atoms with Crippen molar-refractivity contribution in [2.24, 2.45) is 0 Å². The number of carbonyl (C=O) groups is 2. The lowest BCUT2D eigenvalue weighted by Gasteiger charge is -2.38. The van der Waals surface area contributed by atoms with Crippen molar-refractivity contribution < 1.29 is 9.59 Å². The summed E-state index contributed by atoms with van der Waals surface area (Å²) in [5.41, 5.74) is 1.48. The summed E-state index contributed by atoms with van der Waals surface area (Å²) in [5.74, 6) is 0.181. The zero-order chi connectivity index (χ0) is 18.5. The average Bonchev–Trinajstić information content (AvgIpc) is 3.12. The molecule has 2 heterocycles. The van der Waals surface area contributed by atoms with Gasteiger partial charge in [-0.1, -0.05) is 25.1 Å². The quantitative estimate of drug-likeness (QED) is 0.685. The van der Waals surface area contributed by atoms with Crippen molar-refractivity contribution in [1.82, 2.24) is 9.80 Å². The molecule has 138 valence electrons. The lowest BCUT2D eigenvalue weighted by atomic mass is 10.0. The lowest BCUT2D eigenvalue weighted by Crippen LogP contribution is -2.49. The van der Waals surface area contributed by atoms with Crippen molar-refractivity contribution in [3.63, 3.8) is 0 Å². The van der Waals surface area contributed by atoms with E-state index in [0.717, 1.165) is 40.7 Å². The van der Waals surface area contributed by atoms with Crippen LogP contribution in [0.3, 0.4) is 0 Å². The molecule has 1 aliphatic heterocycles. The van der Waals surface area contributed by atoms with Crippen LogP contribution in [-0.4, -0.2) is 47.3 Å². The minimum atomic E-state index is 0.0826. The van der Waals surface area contributed by atoms with E-state index in [0.29, 0.717) is 13.1 Å². The van der Waals surface area contributed by atoms with Crippen LogP contribution >= 0.6 is 27.3 Å². The molecule has 4 nitrogen and oxygen atoms in total. The molecule has 0 spiro atoms. The van der Waals surface area contributed by atoms with Gasteiger partial charge in [-0.3, -0.25) is 9.59 Å². The van der Waals surface area contributed by atoms with Crippen LogP contribution in [0.25, 0.3) is 0 Å². The first-order chi connectivity index (χ1) is 12.6. The number of thiophene rings is 1. The number of hydrogen-bond donors (Lipinski definition) is 0. The van der Waals surface area contributed by atoms with Crippen molar-refractivity contribution in [2.45, 2.75) is 32.2 Å². The summed E-state index contributed by atoms with van der Waals surface area (Å²) in [6, 6.07) is 11.5. The summed E-state index contributed by atoms with van der Waals surface area (Å²) in [5, 5.41) is 1.91. The second-order valence-corrected chi connectivity index (χ2v) is 8.82. The van der Waals surface area contributed by atoms with Crippen molar-refractivity contribution in [1.29, 1.82) is 0 Å². The number of amides is 2. The van der Waals surface area contributed by atoms with Crippen LogP contribution in [0.1, 0.15) is 46.9 Å².